The van der Waals surface area contributed by atoms with Crippen LogP contribution >= 0.6 is 34.5 Å². The van der Waals surface area contributed by atoms with E-state index >= 15 is 0 Å². The van der Waals surface area contributed by atoms with Crippen molar-refractivity contribution in [2.75, 3.05) is 6.54 Å². The van der Waals surface area contributed by atoms with Crippen LogP contribution in [0.4, 0.5) is 0 Å². The zero-order chi connectivity index (χ0) is 16.4. The summed E-state index contributed by atoms with van der Waals surface area (Å²) in [6.45, 7) is 0.529. The number of benzene rings is 1. The van der Waals surface area contributed by atoms with Crippen molar-refractivity contribution in [3.63, 3.8) is 0 Å². The van der Waals surface area contributed by atoms with Gasteiger partial charge in [0.25, 0.3) is 0 Å². The van der Waals surface area contributed by atoms with Gasteiger partial charge in [0.2, 0.25) is 10.0 Å². The number of hydrogen-bond donors (Lipinski definition) is 0. The van der Waals surface area contributed by atoms with Crippen molar-refractivity contribution in [3.05, 3.63) is 50.4 Å². The fourth-order valence-electron chi connectivity index (χ4n) is 2.87. The molecule has 8 heteroatoms. The van der Waals surface area contributed by atoms with Gasteiger partial charge in [0, 0.05) is 28.2 Å². The molecule has 0 spiro atoms. The fraction of sp³-hybridized carbons (Fsp3) is 0.400. The van der Waals surface area contributed by atoms with Crippen molar-refractivity contribution < 1.29 is 8.42 Å². The molecule has 2 aromatic rings. The van der Waals surface area contributed by atoms with E-state index < -0.39 is 10.0 Å². The average molecular weight is 391 g/mol. The third-order valence-electron chi connectivity index (χ3n) is 3.82. The van der Waals surface area contributed by atoms with Crippen molar-refractivity contribution in [1.82, 2.24) is 9.29 Å². The fourth-order valence-corrected chi connectivity index (χ4v) is 6.05. The van der Waals surface area contributed by atoms with E-state index in [0.717, 1.165) is 24.3 Å². The molecular weight excluding hydrogens is 375 g/mol. The summed E-state index contributed by atoms with van der Waals surface area (Å²) in [5, 5.41) is 3.62. The molecular formula is C15H16Cl2N2O2S2. The van der Waals surface area contributed by atoms with Crippen LogP contribution < -0.4 is 0 Å². The predicted octanol–water partition coefficient (Wildman–Crippen LogP) is 4.51. The Hall–Kier alpha value is -0.660. The number of piperidine rings is 1. The SMILES string of the molecule is O=S(=O)(Cc1cc(Cl)cc(Cl)c1)N1CCCCC1c1nccs1. The first-order valence-corrected chi connectivity index (χ1v) is 10.5. The number of nitrogens with zero attached hydrogens (tertiary/aromatic N) is 2. The minimum absolute atomic E-state index is 0.102. The molecule has 1 aliphatic rings. The molecule has 1 aromatic carbocycles. The number of hydrogen-bond acceptors (Lipinski definition) is 4. The second kappa shape index (κ2) is 7.07. The molecule has 0 radical (unpaired) electrons. The second-order valence-corrected chi connectivity index (χ2v) is 9.25. The van der Waals surface area contributed by atoms with Crippen LogP contribution in [0.3, 0.4) is 0 Å². The molecule has 1 unspecified atom stereocenters. The van der Waals surface area contributed by atoms with Gasteiger partial charge in [0.1, 0.15) is 5.01 Å². The minimum Gasteiger partial charge on any atom is -0.248 e. The molecule has 1 fully saturated rings. The summed E-state index contributed by atoms with van der Waals surface area (Å²) in [6, 6.07) is 4.72. The van der Waals surface area contributed by atoms with Gasteiger partial charge in [0.05, 0.1) is 11.8 Å². The molecule has 4 nitrogen and oxygen atoms in total. The zero-order valence-corrected chi connectivity index (χ0v) is 15.4. The normalized spacial score (nSPS) is 19.8. The lowest BCUT2D eigenvalue weighted by molar-refractivity contribution is 0.255. The Kier molecular flexibility index (Phi) is 5.28. The Labute approximate surface area is 150 Å². The first-order chi connectivity index (χ1) is 11.0. The third kappa shape index (κ3) is 4.06. The highest BCUT2D eigenvalue weighted by Crippen LogP contribution is 2.35. The van der Waals surface area contributed by atoms with Gasteiger partial charge in [-0.3, -0.25) is 0 Å². The molecule has 1 atom stereocenters. The first-order valence-electron chi connectivity index (χ1n) is 7.29. The Morgan fingerprint density at radius 3 is 2.61 bits per heavy atom. The molecule has 1 aromatic heterocycles. The second-order valence-electron chi connectivity index (χ2n) is 5.53. The maximum atomic E-state index is 12.9. The summed E-state index contributed by atoms with van der Waals surface area (Å²) in [5.41, 5.74) is 0.603. The smallest absolute Gasteiger partial charge is 0.218 e. The van der Waals surface area contributed by atoms with Crippen LogP contribution in [0, 0.1) is 0 Å². The Balaban J connectivity index is 1.87. The summed E-state index contributed by atoms with van der Waals surface area (Å²) in [7, 11) is -3.46. The van der Waals surface area contributed by atoms with Crippen molar-refractivity contribution in [1.29, 1.82) is 0 Å². The third-order valence-corrected chi connectivity index (χ3v) is 6.98. The Bertz CT molecular complexity index is 759. The maximum absolute atomic E-state index is 12.9. The predicted molar refractivity (Wildman–Crippen MR) is 94.5 cm³/mol. The van der Waals surface area contributed by atoms with Crippen molar-refractivity contribution in [3.8, 4) is 0 Å². The molecule has 1 aliphatic heterocycles. The van der Waals surface area contributed by atoms with E-state index in [2.05, 4.69) is 4.98 Å². The maximum Gasteiger partial charge on any atom is 0.218 e. The molecule has 2 heterocycles. The van der Waals surface area contributed by atoms with E-state index in [4.69, 9.17) is 23.2 Å². The lowest BCUT2D eigenvalue weighted by Crippen LogP contribution is -2.39. The summed E-state index contributed by atoms with van der Waals surface area (Å²) in [6.07, 6.45) is 4.41. The number of sulfonamides is 1. The van der Waals surface area contributed by atoms with E-state index in [1.54, 1.807) is 28.7 Å². The number of aromatic nitrogens is 1. The van der Waals surface area contributed by atoms with Crippen LogP contribution in [-0.4, -0.2) is 24.3 Å². The first kappa shape index (κ1) is 17.2. The molecule has 23 heavy (non-hydrogen) atoms. The molecule has 0 N–H and O–H groups in total. The molecule has 0 bridgehead atoms. The monoisotopic (exact) mass is 390 g/mol. The summed E-state index contributed by atoms with van der Waals surface area (Å²) in [5.74, 6) is -0.102. The van der Waals surface area contributed by atoms with Gasteiger partial charge in [-0.15, -0.1) is 11.3 Å². The summed E-state index contributed by atoms with van der Waals surface area (Å²) < 4.78 is 27.4. The van der Waals surface area contributed by atoms with Crippen molar-refractivity contribution in [2.45, 2.75) is 31.1 Å². The van der Waals surface area contributed by atoms with Crippen LogP contribution in [-0.2, 0) is 15.8 Å². The van der Waals surface area contributed by atoms with Crippen LogP contribution in [0.2, 0.25) is 10.0 Å². The topological polar surface area (TPSA) is 50.3 Å². The van der Waals surface area contributed by atoms with Crippen LogP contribution in [0.1, 0.15) is 35.9 Å². The van der Waals surface area contributed by atoms with E-state index in [1.165, 1.54) is 11.3 Å². The minimum atomic E-state index is -3.46. The molecule has 0 aliphatic carbocycles. The van der Waals surface area contributed by atoms with E-state index in [-0.39, 0.29) is 11.8 Å². The van der Waals surface area contributed by atoms with E-state index in [1.807, 2.05) is 5.38 Å². The van der Waals surface area contributed by atoms with E-state index in [0.29, 0.717) is 22.2 Å². The quantitative estimate of drug-likeness (QED) is 0.771. The van der Waals surface area contributed by atoms with Crippen LogP contribution in [0.5, 0.6) is 0 Å². The van der Waals surface area contributed by atoms with Gasteiger partial charge in [-0.25, -0.2) is 13.4 Å². The highest BCUT2D eigenvalue weighted by Gasteiger charge is 2.34. The molecule has 0 amide bonds. The molecule has 1 saturated heterocycles. The lowest BCUT2D eigenvalue weighted by Gasteiger charge is -2.33. The Morgan fingerprint density at radius 2 is 1.96 bits per heavy atom. The summed E-state index contributed by atoms with van der Waals surface area (Å²) >= 11 is 13.4. The Morgan fingerprint density at radius 1 is 1.22 bits per heavy atom. The molecule has 3 rings (SSSR count). The van der Waals surface area contributed by atoms with Crippen molar-refractivity contribution in [2.24, 2.45) is 0 Å². The van der Waals surface area contributed by atoms with Crippen molar-refractivity contribution >= 4 is 44.6 Å². The zero-order valence-electron chi connectivity index (χ0n) is 12.3. The number of halogens is 2. The van der Waals surface area contributed by atoms with Gasteiger partial charge >= 0.3 is 0 Å². The number of thiazole rings is 1. The summed E-state index contributed by atoms with van der Waals surface area (Å²) in [4.78, 5) is 4.31. The van der Waals surface area contributed by atoms with Gasteiger partial charge in [-0.2, -0.15) is 4.31 Å². The largest absolute Gasteiger partial charge is 0.248 e. The van der Waals surface area contributed by atoms with Gasteiger partial charge < -0.3 is 0 Å². The van der Waals surface area contributed by atoms with Crippen LogP contribution in [0.15, 0.2) is 29.8 Å². The lowest BCUT2D eigenvalue weighted by atomic mass is 10.1. The van der Waals surface area contributed by atoms with E-state index in [9.17, 15) is 8.42 Å². The molecule has 124 valence electrons. The van der Waals surface area contributed by atoms with Gasteiger partial charge in [-0.1, -0.05) is 29.6 Å². The highest BCUT2D eigenvalue weighted by molar-refractivity contribution is 7.88. The van der Waals surface area contributed by atoms with Crippen LogP contribution in [0.25, 0.3) is 0 Å². The van der Waals surface area contributed by atoms with Gasteiger partial charge in [0.15, 0.2) is 0 Å². The molecule has 0 saturated carbocycles. The highest BCUT2D eigenvalue weighted by atomic mass is 35.5. The van der Waals surface area contributed by atoms with Gasteiger partial charge in [-0.05, 0) is 36.6 Å². The standard InChI is InChI=1S/C15H16Cl2N2O2S2/c16-12-7-11(8-13(17)9-12)10-23(20,21)19-5-2-1-3-14(19)15-18-4-6-22-15/h4,6-9,14H,1-3,5,10H2. The number of rotatable bonds is 4. The average Bonchev–Trinajstić information content (AvgIpc) is 2.99.